The van der Waals surface area contributed by atoms with Crippen molar-refractivity contribution in [2.24, 2.45) is 0 Å². The van der Waals surface area contributed by atoms with Crippen LogP contribution in [0.4, 0.5) is 5.82 Å². The number of nitrogen functional groups attached to an aromatic ring is 1. The highest BCUT2D eigenvalue weighted by atomic mass is 16.5. The minimum atomic E-state index is 0.521. The molecule has 1 aromatic rings. The fraction of sp³-hybridized carbons (Fsp3) is 0.625. The van der Waals surface area contributed by atoms with Crippen LogP contribution in [0.5, 0.6) is 5.75 Å². The SMILES string of the molecule is COc1c(C)nn(C2CC2)c1N. The normalized spacial score (nSPS) is 16.5. The van der Waals surface area contributed by atoms with E-state index in [0.717, 1.165) is 11.4 Å². The van der Waals surface area contributed by atoms with Gasteiger partial charge in [-0.15, -0.1) is 0 Å². The van der Waals surface area contributed by atoms with E-state index < -0.39 is 0 Å². The van der Waals surface area contributed by atoms with Gasteiger partial charge in [-0.05, 0) is 19.8 Å². The summed E-state index contributed by atoms with van der Waals surface area (Å²) in [5.41, 5.74) is 6.71. The van der Waals surface area contributed by atoms with Crippen molar-refractivity contribution in [3.63, 3.8) is 0 Å². The number of nitrogens with zero attached hydrogens (tertiary/aromatic N) is 2. The van der Waals surface area contributed by atoms with Crippen LogP contribution in [0.3, 0.4) is 0 Å². The number of hydrogen-bond acceptors (Lipinski definition) is 3. The second-order valence-electron chi connectivity index (χ2n) is 3.18. The number of nitrogens with two attached hydrogens (primary N) is 1. The minimum Gasteiger partial charge on any atom is -0.491 e. The zero-order valence-corrected chi connectivity index (χ0v) is 7.37. The topological polar surface area (TPSA) is 53.1 Å². The largest absolute Gasteiger partial charge is 0.491 e. The first-order valence-corrected chi connectivity index (χ1v) is 4.12. The van der Waals surface area contributed by atoms with E-state index >= 15 is 0 Å². The molecule has 1 saturated carbocycles. The Bertz CT molecular complexity index is 301. The lowest BCUT2D eigenvalue weighted by molar-refractivity contribution is 0.413. The molecule has 0 atom stereocenters. The van der Waals surface area contributed by atoms with Crippen LogP contribution in [0.2, 0.25) is 0 Å². The number of rotatable bonds is 2. The van der Waals surface area contributed by atoms with Crippen LogP contribution in [0.25, 0.3) is 0 Å². The third-order valence-electron chi connectivity index (χ3n) is 2.16. The zero-order chi connectivity index (χ0) is 8.72. The summed E-state index contributed by atoms with van der Waals surface area (Å²) in [6, 6.07) is 0.521. The van der Waals surface area contributed by atoms with Crippen molar-refractivity contribution in [3.05, 3.63) is 5.69 Å². The molecule has 2 rings (SSSR count). The van der Waals surface area contributed by atoms with E-state index in [1.54, 1.807) is 7.11 Å². The second kappa shape index (κ2) is 2.40. The highest BCUT2D eigenvalue weighted by Gasteiger charge is 2.28. The molecule has 0 unspecified atom stereocenters. The Kier molecular flexibility index (Phi) is 1.49. The van der Waals surface area contributed by atoms with Gasteiger partial charge in [0.25, 0.3) is 0 Å². The predicted molar refractivity (Wildman–Crippen MR) is 46.2 cm³/mol. The van der Waals surface area contributed by atoms with Crippen molar-refractivity contribution < 1.29 is 4.74 Å². The molecule has 4 nitrogen and oxygen atoms in total. The average molecular weight is 167 g/mol. The molecule has 0 spiro atoms. The summed E-state index contributed by atoms with van der Waals surface area (Å²) in [4.78, 5) is 0. The van der Waals surface area contributed by atoms with Crippen molar-refractivity contribution in [1.82, 2.24) is 9.78 Å². The quantitative estimate of drug-likeness (QED) is 0.718. The molecule has 66 valence electrons. The van der Waals surface area contributed by atoms with Gasteiger partial charge in [-0.1, -0.05) is 0 Å². The summed E-state index contributed by atoms with van der Waals surface area (Å²) in [7, 11) is 1.62. The maximum Gasteiger partial charge on any atom is 0.183 e. The Balaban J connectivity index is 2.42. The minimum absolute atomic E-state index is 0.521. The lowest BCUT2D eigenvalue weighted by Gasteiger charge is -2.00. The number of anilines is 1. The predicted octanol–water partition coefficient (Wildman–Crippen LogP) is 1.12. The number of ether oxygens (including phenoxy) is 1. The Morgan fingerprint density at radius 2 is 2.25 bits per heavy atom. The molecule has 4 heteroatoms. The molecule has 0 saturated heterocycles. The molecule has 12 heavy (non-hydrogen) atoms. The van der Waals surface area contributed by atoms with E-state index in [2.05, 4.69) is 5.10 Å². The first kappa shape index (κ1) is 7.46. The lowest BCUT2D eigenvalue weighted by atomic mass is 10.4. The highest BCUT2D eigenvalue weighted by Crippen LogP contribution is 2.39. The summed E-state index contributed by atoms with van der Waals surface area (Å²) in [6.45, 7) is 1.91. The number of hydrogen-bond donors (Lipinski definition) is 1. The van der Waals surface area contributed by atoms with E-state index in [1.807, 2.05) is 11.6 Å². The molecule has 1 aliphatic rings. The molecule has 1 aromatic heterocycles. The summed E-state index contributed by atoms with van der Waals surface area (Å²) in [6.07, 6.45) is 2.38. The molecule has 1 heterocycles. The van der Waals surface area contributed by atoms with E-state index in [1.165, 1.54) is 12.8 Å². The third-order valence-corrected chi connectivity index (χ3v) is 2.16. The van der Waals surface area contributed by atoms with Gasteiger partial charge in [-0.2, -0.15) is 5.10 Å². The standard InChI is InChI=1S/C8H13N3O/c1-5-7(12-2)8(9)11(10-5)6-3-4-6/h6H,3-4,9H2,1-2H3. The molecule has 0 bridgehead atoms. The Morgan fingerprint density at radius 3 is 2.67 bits per heavy atom. The molecule has 0 radical (unpaired) electrons. The number of aromatic nitrogens is 2. The van der Waals surface area contributed by atoms with Crippen LogP contribution in [0.15, 0.2) is 0 Å². The Hall–Kier alpha value is -1.19. The van der Waals surface area contributed by atoms with E-state index in [-0.39, 0.29) is 0 Å². The summed E-state index contributed by atoms with van der Waals surface area (Å²) in [5.74, 6) is 1.39. The van der Waals surface area contributed by atoms with Crippen molar-refractivity contribution >= 4 is 5.82 Å². The van der Waals surface area contributed by atoms with Gasteiger partial charge in [0, 0.05) is 0 Å². The highest BCUT2D eigenvalue weighted by molar-refractivity contribution is 5.50. The third kappa shape index (κ3) is 0.948. The Morgan fingerprint density at radius 1 is 1.58 bits per heavy atom. The van der Waals surface area contributed by atoms with Gasteiger partial charge in [0.1, 0.15) is 5.69 Å². The van der Waals surface area contributed by atoms with E-state index in [9.17, 15) is 0 Å². The number of aryl methyl sites for hydroxylation is 1. The maximum atomic E-state index is 5.83. The fourth-order valence-electron chi connectivity index (χ4n) is 1.40. The Labute approximate surface area is 71.3 Å². The molecule has 2 N–H and O–H groups in total. The van der Waals surface area contributed by atoms with Crippen molar-refractivity contribution in [2.45, 2.75) is 25.8 Å². The van der Waals surface area contributed by atoms with Crippen LogP contribution in [0.1, 0.15) is 24.6 Å². The molecule has 0 aromatic carbocycles. The second-order valence-corrected chi connectivity index (χ2v) is 3.18. The summed E-state index contributed by atoms with van der Waals surface area (Å²) < 4.78 is 7.00. The monoisotopic (exact) mass is 167 g/mol. The zero-order valence-electron chi connectivity index (χ0n) is 7.37. The maximum absolute atomic E-state index is 5.83. The summed E-state index contributed by atoms with van der Waals surface area (Å²) in [5, 5.41) is 4.31. The smallest absolute Gasteiger partial charge is 0.183 e. The lowest BCUT2D eigenvalue weighted by Crippen LogP contribution is -2.02. The van der Waals surface area contributed by atoms with Gasteiger partial charge in [0.05, 0.1) is 13.2 Å². The fourth-order valence-corrected chi connectivity index (χ4v) is 1.40. The molecular formula is C8H13N3O. The summed E-state index contributed by atoms with van der Waals surface area (Å²) >= 11 is 0. The molecule has 0 amide bonds. The number of methoxy groups -OCH3 is 1. The van der Waals surface area contributed by atoms with Crippen LogP contribution >= 0.6 is 0 Å². The van der Waals surface area contributed by atoms with Gasteiger partial charge in [-0.3, -0.25) is 0 Å². The average Bonchev–Trinajstić information content (AvgIpc) is 2.80. The van der Waals surface area contributed by atoms with Crippen LogP contribution in [-0.4, -0.2) is 16.9 Å². The molecule has 1 aliphatic carbocycles. The van der Waals surface area contributed by atoms with Crippen LogP contribution in [0, 0.1) is 6.92 Å². The molecule has 1 fully saturated rings. The van der Waals surface area contributed by atoms with Gasteiger partial charge < -0.3 is 10.5 Å². The van der Waals surface area contributed by atoms with E-state index in [4.69, 9.17) is 10.5 Å². The van der Waals surface area contributed by atoms with E-state index in [0.29, 0.717) is 11.9 Å². The first-order valence-electron chi connectivity index (χ1n) is 4.12. The van der Waals surface area contributed by atoms with Crippen molar-refractivity contribution in [2.75, 3.05) is 12.8 Å². The van der Waals surface area contributed by atoms with Gasteiger partial charge in [0.2, 0.25) is 0 Å². The molecule has 0 aliphatic heterocycles. The first-order chi connectivity index (χ1) is 5.74. The van der Waals surface area contributed by atoms with Crippen LogP contribution < -0.4 is 10.5 Å². The van der Waals surface area contributed by atoms with Crippen molar-refractivity contribution in [1.29, 1.82) is 0 Å². The van der Waals surface area contributed by atoms with Crippen LogP contribution in [-0.2, 0) is 0 Å². The van der Waals surface area contributed by atoms with Crippen molar-refractivity contribution in [3.8, 4) is 5.75 Å². The van der Waals surface area contributed by atoms with Gasteiger partial charge in [-0.25, -0.2) is 4.68 Å². The van der Waals surface area contributed by atoms with Gasteiger partial charge >= 0.3 is 0 Å². The molecular weight excluding hydrogens is 154 g/mol. The van der Waals surface area contributed by atoms with Gasteiger partial charge in [0.15, 0.2) is 11.6 Å².